The number of nitrogens with zero attached hydrogens (tertiary/aromatic N) is 3. The molecule has 0 aliphatic heterocycles. The van der Waals surface area contributed by atoms with Crippen LogP contribution in [0.3, 0.4) is 0 Å². The highest BCUT2D eigenvalue weighted by atomic mass is 127. The van der Waals surface area contributed by atoms with Gasteiger partial charge in [-0.1, -0.05) is 35.3 Å². The Bertz CT molecular complexity index is 777. The minimum absolute atomic E-state index is 0. The SMILES string of the molecule is CN=C(NCc1cc(Cl)c(Cl)n1C)NCC(c1ccc(OC)cc1)N(C)C.I. The number of ether oxygens (including phenoxy) is 1. The highest BCUT2D eigenvalue weighted by Crippen LogP contribution is 2.25. The fourth-order valence-electron chi connectivity index (χ4n) is 2.77. The molecule has 1 aromatic carbocycles. The molecular formula is C19H28Cl2IN5O. The first-order valence-corrected chi connectivity index (χ1v) is 9.37. The Labute approximate surface area is 194 Å². The van der Waals surface area contributed by atoms with Gasteiger partial charge in [0, 0.05) is 26.3 Å². The molecule has 0 bridgehead atoms. The van der Waals surface area contributed by atoms with Crippen LogP contribution in [0.4, 0.5) is 0 Å². The fraction of sp³-hybridized carbons (Fsp3) is 0.421. The molecule has 0 spiro atoms. The number of hydrogen-bond acceptors (Lipinski definition) is 3. The number of likely N-dealkylation sites (N-methyl/N-ethyl adjacent to an activating group) is 1. The average Bonchev–Trinajstić information content (AvgIpc) is 2.91. The van der Waals surface area contributed by atoms with Gasteiger partial charge in [-0.3, -0.25) is 4.99 Å². The molecule has 1 heterocycles. The van der Waals surface area contributed by atoms with E-state index in [2.05, 4.69) is 46.8 Å². The fourth-order valence-corrected chi connectivity index (χ4v) is 3.19. The topological polar surface area (TPSA) is 53.8 Å². The molecular weight excluding hydrogens is 512 g/mol. The number of rotatable bonds is 7. The maximum Gasteiger partial charge on any atom is 0.191 e. The molecule has 0 saturated carbocycles. The lowest BCUT2D eigenvalue weighted by Gasteiger charge is -2.26. The molecule has 2 N–H and O–H groups in total. The first kappa shape index (κ1) is 24.9. The summed E-state index contributed by atoms with van der Waals surface area (Å²) in [6, 6.07) is 10.1. The van der Waals surface area contributed by atoms with Crippen molar-refractivity contribution >= 4 is 53.1 Å². The summed E-state index contributed by atoms with van der Waals surface area (Å²) in [4.78, 5) is 6.46. The van der Waals surface area contributed by atoms with E-state index in [-0.39, 0.29) is 30.0 Å². The molecule has 0 amide bonds. The Morgan fingerprint density at radius 3 is 2.32 bits per heavy atom. The summed E-state index contributed by atoms with van der Waals surface area (Å²) in [5.41, 5.74) is 2.18. The highest BCUT2D eigenvalue weighted by molar-refractivity contribution is 14.0. The Balaban J connectivity index is 0.00000392. The Hall–Kier alpha value is -1.16. The van der Waals surface area contributed by atoms with Gasteiger partial charge in [0.25, 0.3) is 0 Å². The van der Waals surface area contributed by atoms with Crippen LogP contribution in [0.2, 0.25) is 10.2 Å². The number of aromatic nitrogens is 1. The zero-order valence-electron chi connectivity index (χ0n) is 16.8. The van der Waals surface area contributed by atoms with Gasteiger partial charge in [0.2, 0.25) is 0 Å². The number of methoxy groups -OCH3 is 1. The average molecular weight is 540 g/mol. The minimum Gasteiger partial charge on any atom is -0.497 e. The Morgan fingerprint density at radius 2 is 1.86 bits per heavy atom. The zero-order valence-corrected chi connectivity index (χ0v) is 20.6. The van der Waals surface area contributed by atoms with Gasteiger partial charge in [0.05, 0.1) is 24.7 Å². The van der Waals surface area contributed by atoms with E-state index < -0.39 is 0 Å². The molecule has 0 saturated heterocycles. The summed E-state index contributed by atoms with van der Waals surface area (Å²) in [7, 11) is 9.41. The third-order valence-electron chi connectivity index (χ3n) is 4.46. The van der Waals surface area contributed by atoms with Gasteiger partial charge >= 0.3 is 0 Å². The second kappa shape index (κ2) is 11.7. The second-order valence-corrected chi connectivity index (χ2v) is 7.16. The molecule has 156 valence electrons. The highest BCUT2D eigenvalue weighted by Gasteiger charge is 2.15. The van der Waals surface area contributed by atoms with Crippen molar-refractivity contribution in [3.05, 3.63) is 51.8 Å². The lowest BCUT2D eigenvalue weighted by Crippen LogP contribution is -2.41. The molecule has 2 rings (SSSR count). The molecule has 28 heavy (non-hydrogen) atoms. The zero-order chi connectivity index (χ0) is 20.0. The molecule has 0 aliphatic carbocycles. The van der Waals surface area contributed by atoms with E-state index in [1.165, 1.54) is 5.56 Å². The Kier molecular flexibility index (Phi) is 10.4. The van der Waals surface area contributed by atoms with Crippen molar-refractivity contribution in [3.8, 4) is 5.75 Å². The summed E-state index contributed by atoms with van der Waals surface area (Å²) in [6.07, 6.45) is 0. The van der Waals surface area contributed by atoms with Crippen molar-refractivity contribution in [2.45, 2.75) is 12.6 Å². The summed E-state index contributed by atoms with van der Waals surface area (Å²) in [5.74, 6) is 1.56. The van der Waals surface area contributed by atoms with Crippen LogP contribution in [0.1, 0.15) is 17.3 Å². The van der Waals surface area contributed by atoms with Crippen LogP contribution in [-0.2, 0) is 13.6 Å². The molecule has 1 aromatic heterocycles. The number of benzene rings is 1. The number of nitrogens with one attached hydrogen (secondary N) is 2. The second-order valence-electron chi connectivity index (χ2n) is 6.39. The summed E-state index contributed by atoms with van der Waals surface area (Å²) < 4.78 is 7.09. The number of aliphatic imine (C=N–C) groups is 1. The van der Waals surface area contributed by atoms with Crippen LogP contribution >= 0.6 is 47.2 Å². The molecule has 1 unspecified atom stereocenters. The maximum absolute atomic E-state index is 6.12. The van der Waals surface area contributed by atoms with E-state index in [0.717, 1.165) is 11.4 Å². The van der Waals surface area contributed by atoms with E-state index in [0.29, 0.717) is 29.2 Å². The maximum atomic E-state index is 6.12. The van der Waals surface area contributed by atoms with Gasteiger partial charge < -0.3 is 24.8 Å². The standard InChI is InChI=1S/C19H27Cl2N5O.HI/c1-22-19(23-11-14-10-16(20)18(21)26(14)4)24-12-17(25(2)3)13-6-8-15(27-5)9-7-13;/h6-10,17H,11-12H2,1-5H3,(H2,22,23,24);1H. The third-order valence-corrected chi connectivity index (χ3v) is 5.31. The van der Waals surface area contributed by atoms with Crippen LogP contribution < -0.4 is 15.4 Å². The van der Waals surface area contributed by atoms with Crippen LogP contribution in [0.25, 0.3) is 0 Å². The predicted molar refractivity (Wildman–Crippen MR) is 128 cm³/mol. The first-order valence-electron chi connectivity index (χ1n) is 8.61. The largest absolute Gasteiger partial charge is 0.497 e. The molecule has 6 nitrogen and oxygen atoms in total. The van der Waals surface area contributed by atoms with E-state index in [1.54, 1.807) is 14.2 Å². The molecule has 0 radical (unpaired) electrons. The quantitative estimate of drug-likeness (QED) is 0.318. The third kappa shape index (κ3) is 6.43. The number of hydrogen-bond donors (Lipinski definition) is 2. The van der Waals surface area contributed by atoms with Crippen LogP contribution in [0, 0.1) is 0 Å². The number of halogens is 3. The smallest absolute Gasteiger partial charge is 0.191 e. The van der Waals surface area contributed by atoms with Crippen molar-refractivity contribution in [2.24, 2.45) is 12.0 Å². The van der Waals surface area contributed by atoms with Crippen LogP contribution in [-0.4, -0.2) is 50.2 Å². The summed E-state index contributed by atoms with van der Waals surface area (Å²) in [5, 5.41) is 7.75. The van der Waals surface area contributed by atoms with E-state index in [9.17, 15) is 0 Å². The van der Waals surface area contributed by atoms with E-state index >= 15 is 0 Å². The van der Waals surface area contributed by atoms with Gasteiger partial charge in [0.15, 0.2) is 5.96 Å². The van der Waals surface area contributed by atoms with Crippen molar-refractivity contribution < 1.29 is 4.74 Å². The molecule has 1 atom stereocenters. The monoisotopic (exact) mass is 539 g/mol. The van der Waals surface area contributed by atoms with Crippen molar-refractivity contribution in [1.82, 2.24) is 20.1 Å². The molecule has 0 fully saturated rings. The Morgan fingerprint density at radius 1 is 1.21 bits per heavy atom. The minimum atomic E-state index is 0. The van der Waals surface area contributed by atoms with Crippen LogP contribution in [0.15, 0.2) is 35.3 Å². The van der Waals surface area contributed by atoms with Gasteiger partial charge in [0.1, 0.15) is 10.9 Å². The molecule has 0 aliphatic rings. The van der Waals surface area contributed by atoms with Crippen molar-refractivity contribution in [3.63, 3.8) is 0 Å². The first-order chi connectivity index (χ1) is 12.9. The summed E-state index contributed by atoms with van der Waals surface area (Å²) >= 11 is 12.2. The summed E-state index contributed by atoms with van der Waals surface area (Å²) in [6.45, 7) is 1.27. The van der Waals surface area contributed by atoms with Crippen molar-refractivity contribution in [1.29, 1.82) is 0 Å². The number of guanidine groups is 1. The van der Waals surface area contributed by atoms with Gasteiger partial charge in [-0.05, 0) is 37.9 Å². The van der Waals surface area contributed by atoms with Gasteiger partial charge in [-0.15, -0.1) is 24.0 Å². The molecule has 9 heteroatoms. The lowest BCUT2D eigenvalue weighted by molar-refractivity contribution is 0.298. The van der Waals surface area contributed by atoms with Gasteiger partial charge in [-0.2, -0.15) is 0 Å². The lowest BCUT2D eigenvalue weighted by atomic mass is 10.1. The predicted octanol–water partition coefficient (Wildman–Crippen LogP) is 3.93. The normalized spacial score (nSPS) is 12.5. The van der Waals surface area contributed by atoms with Crippen LogP contribution in [0.5, 0.6) is 5.75 Å². The molecule has 2 aromatic rings. The van der Waals surface area contributed by atoms with E-state index in [1.807, 2.05) is 29.8 Å². The van der Waals surface area contributed by atoms with E-state index in [4.69, 9.17) is 27.9 Å². The van der Waals surface area contributed by atoms with Crippen molar-refractivity contribution in [2.75, 3.05) is 34.8 Å². The van der Waals surface area contributed by atoms with Gasteiger partial charge in [-0.25, -0.2) is 0 Å².